The predicted octanol–water partition coefficient (Wildman–Crippen LogP) is 2.25. The number of aliphatic hydroxyl groups excluding tert-OH is 1. The Morgan fingerprint density at radius 3 is 3.00 bits per heavy atom. The van der Waals surface area contributed by atoms with E-state index in [1.807, 2.05) is 6.07 Å². The number of benzene rings is 1. The Kier molecular flexibility index (Phi) is 2.85. The first-order chi connectivity index (χ1) is 6.72. The lowest BCUT2D eigenvalue weighted by atomic mass is 10.3. The van der Waals surface area contributed by atoms with E-state index in [1.54, 1.807) is 11.3 Å². The van der Waals surface area contributed by atoms with Crippen molar-refractivity contribution in [1.82, 2.24) is 0 Å². The Morgan fingerprint density at radius 2 is 2.29 bits per heavy atom. The third-order valence-corrected chi connectivity index (χ3v) is 3.75. The monoisotopic (exact) mass is 272 g/mol. The van der Waals surface area contributed by atoms with E-state index in [-0.39, 0.29) is 6.61 Å². The number of aryl methyl sites for hydroxylation is 1. The zero-order chi connectivity index (χ0) is 10.1. The highest BCUT2D eigenvalue weighted by molar-refractivity contribution is 9.10. The highest BCUT2D eigenvalue weighted by Gasteiger charge is 2.16. The van der Waals surface area contributed by atoms with Crippen molar-refractivity contribution in [3.63, 3.8) is 0 Å². The summed E-state index contributed by atoms with van der Waals surface area (Å²) in [6.45, 7) is 2.93. The number of rotatable bonds is 2. The molecule has 0 saturated carbocycles. The van der Waals surface area contributed by atoms with Crippen molar-refractivity contribution in [2.75, 3.05) is 6.61 Å². The van der Waals surface area contributed by atoms with Crippen LogP contribution in [-0.4, -0.2) is 11.7 Å². The van der Waals surface area contributed by atoms with Gasteiger partial charge in [-0.1, -0.05) is 27.3 Å². The van der Waals surface area contributed by atoms with Crippen molar-refractivity contribution < 1.29 is 9.67 Å². The average Bonchev–Trinajstić information content (AvgIpc) is 2.45. The minimum atomic E-state index is 0.184. The van der Waals surface area contributed by atoms with Gasteiger partial charge in [0, 0.05) is 17.5 Å². The summed E-state index contributed by atoms with van der Waals surface area (Å²) in [5.74, 6) is 0. The van der Waals surface area contributed by atoms with E-state index in [4.69, 9.17) is 5.11 Å². The predicted molar refractivity (Wildman–Crippen MR) is 61.5 cm³/mol. The molecule has 0 saturated heterocycles. The van der Waals surface area contributed by atoms with Crippen molar-refractivity contribution in [1.29, 1.82) is 0 Å². The smallest absolute Gasteiger partial charge is 0.235 e. The molecule has 74 valence electrons. The van der Waals surface area contributed by atoms with E-state index >= 15 is 0 Å². The molecule has 0 unspecified atom stereocenters. The Hall–Kier alpha value is -0.450. The summed E-state index contributed by atoms with van der Waals surface area (Å²) < 4.78 is 4.48. The molecule has 2 rings (SSSR count). The Labute approximate surface area is 94.9 Å². The number of hydrogen-bond donors (Lipinski definition) is 1. The van der Waals surface area contributed by atoms with E-state index in [1.165, 1.54) is 15.2 Å². The zero-order valence-corrected chi connectivity index (χ0v) is 10.2. The molecule has 0 bridgehead atoms. The molecular weight excluding hydrogens is 262 g/mol. The molecule has 1 aromatic carbocycles. The van der Waals surface area contributed by atoms with E-state index in [0.29, 0.717) is 6.54 Å². The van der Waals surface area contributed by atoms with E-state index in [2.05, 4.69) is 39.6 Å². The first kappa shape index (κ1) is 10.1. The summed E-state index contributed by atoms with van der Waals surface area (Å²) in [5.41, 5.74) is 1.19. The van der Waals surface area contributed by atoms with Gasteiger partial charge in [0.1, 0.15) is 11.3 Å². The maximum absolute atomic E-state index is 8.96. The summed E-state index contributed by atoms with van der Waals surface area (Å²) in [7, 11) is 0. The lowest BCUT2D eigenvalue weighted by molar-refractivity contribution is -0.674. The molecule has 1 N–H and O–H groups in total. The molecule has 0 aliphatic carbocycles. The third-order valence-electron chi connectivity index (χ3n) is 2.17. The molecule has 2 aromatic rings. The van der Waals surface area contributed by atoms with Crippen LogP contribution >= 0.6 is 27.3 Å². The van der Waals surface area contributed by atoms with E-state index in [0.717, 1.165) is 4.47 Å². The van der Waals surface area contributed by atoms with Gasteiger partial charge < -0.3 is 5.11 Å². The van der Waals surface area contributed by atoms with Gasteiger partial charge in [-0.2, -0.15) is 4.57 Å². The molecule has 14 heavy (non-hydrogen) atoms. The maximum Gasteiger partial charge on any atom is 0.235 e. The number of thiazole rings is 1. The molecule has 0 amide bonds. The lowest BCUT2D eigenvalue weighted by Crippen LogP contribution is -2.36. The lowest BCUT2D eigenvalue weighted by Gasteiger charge is -1.93. The topological polar surface area (TPSA) is 24.1 Å². The van der Waals surface area contributed by atoms with Crippen molar-refractivity contribution in [3.05, 3.63) is 27.7 Å². The minimum Gasteiger partial charge on any atom is -0.390 e. The summed E-state index contributed by atoms with van der Waals surface area (Å²) in [6, 6.07) is 6.24. The fraction of sp³-hybridized carbons (Fsp3) is 0.300. The molecule has 1 aromatic heterocycles. The molecule has 4 heteroatoms. The van der Waals surface area contributed by atoms with Crippen LogP contribution in [0, 0.1) is 6.92 Å². The second kappa shape index (κ2) is 3.96. The van der Waals surface area contributed by atoms with Gasteiger partial charge in [-0.3, -0.25) is 0 Å². The van der Waals surface area contributed by atoms with Gasteiger partial charge in [0.2, 0.25) is 10.5 Å². The number of nitrogens with zero attached hydrogens (tertiary/aromatic N) is 1. The van der Waals surface area contributed by atoms with Crippen LogP contribution in [-0.2, 0) is 6.54 Å². The van der Waals surface area contributed by atoms with Crippen LogP contribution in [0.1, 0.15) is 5.01 Å². The van der Waals surface area contributed by atoms with Gasteiger partial charge in [-0.05, 0) is 12.1 Å². The highest BCUT2D eigenvalue weighted by atomic mass is 79.9. The SMILES string of the molecule is Cc1sc2ccc(Br)cc2[n+]1CCO. The third kappa shape index (κ3) is 1.69. The number of aromatic nitrogens is 1. The van der Waals surface area contributed by atoms with Gasteiger partial charge in [0.05, 0.1) is 0 Å². The van der Waals surface area contributed by atoms with Crippen molar-refractivity contribution in [2.24, 2.45) is 0 Å². The number of aliphatic hydroxyl groups is 1. The van der Waals surface area contributed by atoms with Gasteiger partial charge in [-0.15, -0.1) is 0 Å². The summed E-state index contributed by atoms with van der Waals surface area (Å²) in [4.78, 5) is 0. The average molecular weight is 273 g/mol. The van der Waals surface area contributed by atoms with Crippen molar-refractivity contribution in [2.45, 2.75) is 13.5 Å². The number of halogens is 1. The van der Waals surface area contributed by atoms with Crippen molar-refractivity contribution in [3.8, 4) is 0 Å². The van der Waals surface area contributed by atoms with E-state index < -0.39 is 0 Å². The summed E-state index contributed by atoms with van der Waals surface area (Å²) in [5, 5.41) is 10.2. The molecule has 2 nitrogen and oxygen atoms in total. The van der Waals surface area contributed by atoms with Crippen LogP contribution in [0.15, 0.2) is 22.7 Å². The second-order valence-electron chi connectivity index (χ2n) is 3.11. The molecule has 0 spiro atoms. The first-order valence-electron chi connectivity index (χ1n) is 4.41. The Morgan fingerprint density at radius 1 is 1.50 bits per heavy atom. The Bertz CT molecular complexity index is 466. The molecule has 0 aliphatic heterocycles. The molecule has 1 heterocycles. The van der Waals surface area contributed by atoms with Gasteiger partial charge in [0.15, 0.2) is 6.54 Å². The van der Waals surface area contributed by atoms with Crippen LogP contribution in [0.4, 0.5) is 0 Å². The highest BCUT2D eigenvalue weighted by Crippen LogP contribution is 2.23. The quantitative estimate of drug-likeness (QED) is 0.834. The molecular formula is C10H11BrNOS+. The van der Waals surface area contributed by atoms with Crippen LogP contribution < -0.4 is 4.57 Å². The molecule has 0 aliphatic rings. The van der Waals surface area contributed by atoms with Crippen LogP contribution in [0.25, 0.3) is 10.2 Å². The number of fused-ring (bicyclic) bond motifs is 1. The second-order valence-corrected chi connectivity index (χ2v) is 5.26. The van der Waals surface area contributed by atoms with E-state index in [9.17, 15) is 0 Å². The molecule has 0 atom stereocenters. The van der Waals surface area contributed by atoms with Gasteiger partial charge >= 0.3 is 0 Å². The standard InChI is InChI=1S/C10H11BrNOS/c1-7-12(4-5-13)9-6-8(11)2-3-10(9)14-7/h2-3,6,13H,4-5H2,1H3/q+1. The fourth-order valence-corrected chi connectivity index (χ4v) is 2.93. The van der Waals surface area contributed by atoms with Crippen LogP contribution in [0.2, 0.25) is 0 Å². The van der Waals surface area contributed by atoms with Gasteiger partial charge in [-0.25, -0.2) is 0 Å². The van der Waals surface area contributed by atoms with Crippen molar-refractivity contribution >= 4 is 37.5 Å². The maximum atomic E-state index is 8.96. The first-order valence-corrected chi connectivity index (χ1v) is 6.02. The van der Waals surface area contributed by atoms with Crippen LogP contribution in [0.5, 0.6) is 0 Å². The largest absolute Gasteiger partial charge is 0.390 e. The zero-order valence-electron chi connectivity index (χ0n) is 7.83. The van der Waals surface area contributed by atoms with Crippen LogP contribution in [0.3, 0.4) is 0 Å². The fourth-order valence-electron chi connectivity index (χ4n) is 1.55. The minimum absolute atomic E-state index is 0.184. The normalized spacial score (nSPS) is 11.1. The Balaban J connectivity index is 2.66. The molecule has 0 radical (unpaired) electrons. The van der Waals surface area contributed by atoms with Gasteiger partial charge in [0.25, 0.3) is 0 Å². The molecule has 0 fully saturated rings. The number of hydrogen-bond acceptors (Lipinski definition) is 2. The summed E-state index contributed by atoms with van der Waals surface area (Å²) in [6.07, 6.45) is 0. The summed E-state index contributed by atoms with van der Waals surface area (Å²) >= 11 is 5.21.